The summed E-state index contributed by atoms with van der Waals surface area (Å²) in [6.07, 6.45) is 0. The lowest BCUT2D eigenvalue weighted by Gasteiger charge is -2.12. The van der Waals surface area contributed by atoms with Gasteiger partial charge in [0.25, 0.3) is 10.0 Å². The zero-order valence-electron chi connectivity index (χ0n) is 10.8. The van der Waals surface area contributed by atoms with Crippen molar-refractivity contribution < 1.29 is 12.8 Å². The summed E-state index contributed by atoms with van der Waals surface area (Å²) in [5.41, 5.74) is 6.44. The Labute approximate surface area is 131 Å². The van der Waals surface area contributed by atoms with Crippen molar-refractivity contribution in [1.82, 2.24) is 0 Å². The van der Waals surface area contributed by atoms with Crippen molar-refractivity contribution in [2.24, 2.45) is 0 Å². The molecule has 0 atom stereocenters. The molecule has 4 nitrogen and oxygen atoms in total. The summed E-state index contributed by atoms with van der Waals surface area (Å²) in [4.78, 5) is -0.619. The average Bonchev–Trinajstić information content (AvgIpc) is 2.37. The molecule has 0 saturated heterocycles. The third-order valence-electron chi connectivity index (χ3n) is 2.75. The molecule has 0 aromatic heterocycles. The molecule has 2 aromatic carbocycles. The predicted octanol–water partition coefficient (Wildman–Crippen LogP) is 3.82. The van der Waals surface area contributed by atoms with E-state index >= 15 is 0 Å². The van der Waals surface area contributed by atoms with Crippen molar-refractivity contribution in [2.75, 3.05) is 10.5 Å². The van der Waals surface area contributed by atoms with E-state index in [4.69, 9.17) is 28.9 Å². The molecule has 21 heavy (non-hydrogen) atoms. The average molecular weight is 349 g/mol. The van der Waals surface area contributed by atoms with Crippen molar-refractivity contribution in [3.8, 4) is 0 Å². The van der Waals surface area contributed by atoms with Crippen molar-refractivity contribution in [3.63, 3.8) is 0 Å². The Hall–Kier alpha value is -1.50. The van der Waals surface area contributed by atoms with Gasteiger partial charge in [-0.3, -0.25) is 4.72 Å². The number of sulfonamides is 1. The van der Waals surface area contributed by atoms with Crippen molar-refractivity contribution >= 4 is 44.6 Å². The van der Waals surface area contributed by atoms with Crippen LogP contribution in [0.15, 0.2) is 35.2 Å². The zero-order valence-corrected chi connectivity index (χ0v) is 13.2. The quantitative estimate of drug-likeness (QED) is 0.828. The van der Waals surface area contributed by atoms with Crippen molar-refractivity contribution in [1.29, 1.82) is 0 Å². The number of aryl methyl sites for hydroxylation is 1. The largest absolute Gasteiger partial charge is 0.399 e. The normalized spacial score (nSPS) is 11.4. The SMILES string of the molecule is Cc1ccc(Cl)cc1NS(=O)(=O)c1cc(N)cc(Cl)c1F. The second-order valence-corrected chi connectivity index (χ2v) is 6.87. The maximum Gasteiger partial charge on any atom is 0.264 e. The Bertz CT molecular complexity index is 810. The highest BCUT2D eigenvalue weighted by molar-refractivity contribution is 7.92. The molecule has 0 unspecified atom stereocenters. The molecule has 0 aliphatic heterocycles. The van der Waals surface area contributed by atoms with Crippen LogP contribution in [0.25, 0.3) is 0 Å². The van der Waals surface area contributed by atoms with Gasteiger partial charge in [-0.1, -0.05) is 29.3 Å². The summed E-state index contributed by atoms with van der Waals surface area (Å²) in [5.74, 6) is -1.06. The molecule has 0 heterocycles. The number of benzene rings is 2. The minimum atomic E-state index is -4.18. The summed E-state index contributed by atoms with van der Waals surface area (Å²) in [6, 6.07) is 6.83. The van der Waals surface area contributed by atoms with Crippen LogP contribution in [0.2, 0.25) is 10.0 Å². The Morgan fingerprint density at radius 1 is 1.19 bits per heavy atom. The topological polar surface area (TPSA) is 72.2 Å². The van der Waals surface area contributed by atoms with Crippen molar-refractivity contribution in [2.45, 2.75) is 11.8 Å². The number of anilines is 2. The van der Waals surface area contributed by atoms with E-state index in [0.29, 0.717) is 10.6 Å². The maximum absolute atomic E-state index is 13.9. The number of hydrogen-bond donors (Lipinski definition) is 2. The monoisotopic (exact) mass is 348 g/mol. The van der Waals surface area contributed by atoms with Crippen LogP contribution in [0, 0.1) is 12.7 Å². The Balaban J connectivity index is 2.51. The summed E-state index contributed by atoms with van der Waals surface area (Å²) < 4.78 is 40.8. The number of halogens is 3. The highest BCUT2D eigenvalue weighted by Crippen LogP contribution is 2.28. The van der Waals surface area contributed by atoms with Crippen LogP contribution in [0.1, 0.15) is 5.56 Å². The number of nitrogens with one attached hydrogen (secondary N) is 1. The van der Waals surface area contributed by atoms with Crippen LogP contribution >= 0.6 is 23.2 Å². The van der Waals surface area contributed by atoms with Gasteiger partial charge in [-0.05, 0) is 36.8 Å². The van der Waals surface area contributed by atoms with Gasteiger partial charge < -0.3 is 5.73 Å². The zero-order chi connectivity index (χ0) is 15.8. The lowest BCUT2D eigenvalue weighted by molar-refractivity contribution is 0.571. The first-order chi connectivity index (χ1) is 9.70. The smallest absolute Gasteiger partial charge is 0.264 e. The van der Waals surface area contributed by atoms with E-state index in [1.54, 1.807) is 19.1 Å². The van der Waals surface area contributed by atoms with Gasteiger partial charge in [-0.2, -0.15) is 0 Å². The number of rotatable bonds is 3. The van der Waals surface area contributed by atoms with Gasteiger partial charge in [0.15, 0.2) is 5.82 Å². The van der Waals surface area contributed by atoms with Gasteiger partial charge in [-0.15, -0.1) is 0 Å². The second-order valence-electron chi connectivity index (χ2n) is 4.38. The third-order valence-corrected chi connectivity index (χ3v) is 4.63. The van der Waals surface area contributed by atoms with Gasteiger partial charge in [0.1, 0.15) is 4.90 Å². The van der Waals surface area contributed by atoms with E-state index in [2.05, 4.69) is 4.72 Å². The fraction of sp³-hybridized carbons (Fsp3) is 0.0769. The minimum absolute atomic E-state index is 0.0459. The van der Waals surface area contributed by atoms with Crippen LogP contribution in [-0.2, 0) is 10.0 Å². The van der Waals surface area contributed by atoms with Crippen LogP contribution in [0.5, 0.6) is 0 Å². The predicted molar refractivity (Wildman–Crippen MR) is 82.8 cm³/mol. The van der Waals surface area contributed by atoms with Gasteiger partial charge in [0.2, 0.25) is 0 Å². The third kappa shape index (κ3) is 3.40. The van der Waals surface area contributed by atoms with Crippen LogP contribution < -0.4 is 10.5 Å². The molecule has 3 N–H and O–H groups in total. The maximum atomic E-state index is 13.9. The second kappa shape index (κ2) is 5.71. The highest BCUT2D eigenvalue weighted by atomic mass is 35.5. The van der Waals surface area contributed by atoms with E-state index in [1.165, 1.54) is 6.07 Å². The Morgan fingerprint density at radius 3 is 2.52 bits per heavy atom. The van der Waals surface area contributed by atoms with Gasteiger partial charge in [-0.25, -0.2) is 12.8 Å². The van der Waals surface area contributed by atoms with E-state index in [9.17, 15) is 12.8 Å². The molecule has 112 valence electrons. The first kappa shape index (κ1) is 15.9. The summed E-state index contributed by atoms with van der Waals surface area (Å²) in [5, 5.41) is -0.0115. The summed E-state index contributed by atoms with van der Waals surface area (Å²) in [6.45, 7) is 1.69. The lowest BCUT2D eigenvalue weighted by Crippen LogP contribution is -2.16. The molecule has 0 saturated carbocycles. The molecule has 0 fully saturated rings. The highest BCUT2D eigenvalue weighted by Gasteiger charge is 2.22. The molecule has 0 bridgehead atoms. The number of nitrogen functional groups attached to an aromatic ring is 1. The van der Waals surface area contributed by atoms with Crippen LogP contribution in [0.4, 0.5) is 15.8 Å². The van der Waals surface area contributed by atoms with Crippen LogP contribution in [0.3, 0.4) is 0 Å². The lowest BCUT2D eigenvalue weighted by atomic mass is 10.2. The Morgan fingerprint density at radius 2 is 1.86 bits per heavy atom. The van der Waals surface area contributed by atoms with Crippen molar-refractivity contribution in [3.05, 3.63) is 51.8 Å². The summed E-state index contributed by atoms with van der Waals surface area (Å²) >= 11 is 11.4. The number of hydrogen-bond acceptors (Lipinski definition) is 3. The fourth-order valence-electron chi connectivity index (χ4n) is 1.68. The Kier molecular flexibility index (Phi) is 4.32. The molecule has 0 aliphatic carbocycles. The van der Waals surface area contributed by atoms with Gasteiger partial charge in [0, 0.05) is 10.7 Å². The molecule has 0 spiro atoms. The molecule has 0 aliphatic rings. The standard InChI is InChI=1S/C13H11Cl2FN2O2S/c1-7-2-3-8(14)4-11(7)18-21(19,20)12-6-9(17)5-10(15)13(12)16/h2-6,18H,17H2,1H3. The molecule has 0 radical (unpaired) electrons. The van der Waals surface area contributed by atoms with Gasteiger partial charge in [0.05, 0.1) is 10.7 Å². The molecule has 2 rings (SSSR count). The molecular weight excluding hydrogens is 338 g/mol. The minimum Gasteiger partial charge on any atom is -0.399 e. The molecular formula is C13H11Cl2FN2O2S. The van der Waals surface area contributed by atoms with Crippen LogP contribution in [-0.4, -0.2) is 8.42 Å². The van der Waals surface area contributed by atoms with Gasteiger partial charge >= 0.3 is 0 Å². The fourth-order valence-corrected chi connectivity index (χ4v) is 3.40. The van der Waals surface area contributed by atoms with E-state index in [0.717, 1.165) is 12.1 Å². The molecule has 8 heteroatoms. The molecule has 2 aromatic rings. The summed E-state index contributed by atoms with van der Waals surface area (Å²) in [7, 11) is -4.18. The number of nitrogens with two attached hydrogens (primary N) is 1. The van der Waals surface area contributed by atoms with E-state index < -0.39 is 20.7 Å². The first-order valence-corrected chi connectivity index (χ1v) is 7.98. The van der Waals surface area contributed by atoms with E-state index in [-0.39, 0.29) is 16.4 Å². The van der Waals surface area contributed by atoms with E-state index in [1.807, 2.05) is 0 Å². The molecule has 0 amide bonds. The first-order valence-electron chi connectivity index (χ1n) is 5.74.